The van der Waals surface area contributed by atoms with Gasteiger partial charge in [-0.1, -0.05) is 25.3 Å². The Balaban J connectivity index is 3.52. The highest BCUT2D eigenvalue weighted by Crippen LogP contribution is 1.90. The average Bonchev–Trinajstić information content (AvgIpc) is 1.80. The van der Waals surface area contributed by atoms with Crippen molar-refractivity contribution in [2.45, 2.75) is 0 Å². The molecule has 0 saturated carbocycles. The molecule has 1 nitrogen and oxygen atoms in total. The summed E-state index contributed by atoms with van der Waals surface area (Å²) in [4.78, 5) is 0. The first-order chi connectivity index (χ1) is 4.20. The van der Waals surface area contributed by atoms with Gasteiger partial charge in [0, 0.05) is 5.22 Å². The van der Waals surface area contributed by atoms with Crippen LogP contribution in [0.2, 0.25) is 0 Å². The van der Waals surface area contributed by atoms with Gasteiger partial charge in [-0.3, -0.25) is 0 Å². The van der Waals surface area contributed by atoms with E-state index in [1.54, 1.807) is 12.1 Å². The topological polar surface area (TPSA) is 20.2 Å². The first-order valence-corrected chi connectivity index (χ1v) is 2.67. The van der Waals surface area contributed by atoms with Crippen molar-refractivity contribution in [1.29, 1.82) is 0 Å². The molecule has 0 aliphatic rings. The number of phenolic OH excluding ortho intramolecular Hbond substituents is 1. The van der Waals surface area contributed by atoms with Crippen LogP contribution in [-0.2, 0) is 0 Å². The normalized spacial score (nSPS) is 9.33. The lowest BCUT2D eigenvalue weighted by Gasteiger charge is -1.88. The minimum atomic E-state index is 0.211. The molecule has 46 valence electrons. The predicted molar refractivity (Wildman–Crippen MR) is 38.4 cm³/mol. The Bertz CT molecular complexity index is 301. The summed E-state index contributed by atoms with van der Waals surface area (Å²) < 4.78 is 0. The maximum atomic E-state index is 9.00. The molecule has 0 saturated heterocycles. The van der Waals surface area contributed by atoms with Crippen LogP contribution >= 0.6 is 0 Å². The minimum absolute atomic E-state index is 0.211. The fourth-order valence-electron chi connectivity index (χ4n) is 0.609. The molecular formula is C8H8O. The van der Waals surface area contributed by atoms with Crippen LogP contribution in [0.3, 0.4) is 0 Å². The molecule has 0 bridgehead atoms. The summed E-state index contributed by atoms with van der Waals surface area (Å²) in [6.45, 7) is 7.22. The third-order valence-corrected chi connectivity index (χ3v) is 1.15. The monoisotopic (exact) mass is 120 g/mol. The van der Waals surface area contributed by atoms with Crippen LogP contribution in [0.4, 0.5) is 0 Å². The van der Waals surface area contributed by atoms with Gasteiger partial charge >= 0.3 is 0 Å². The number of rotatable bonds is 0. The van der Waals surface area contributed by atoms with E-state index in [1.165, 1.54) is 0 Å². The lowest BCUT2D eigenvalue weighted by Crippen LogP contribution is -2.04. The fourth-order valence-corrected chi connectivity index (χ4v) is 0.609. The molecule has 0 aliphatic heterocycles. The SMILES string of the molecule is C=c1ccc(=C)c(O)c1. The van der Waals surface area contributed by atoms with Crippen molar-refractivity contribution in [3.05, 3.63) is 28.6 Å². The molecule has 0 unspecified atom stereocenters. The molecule has 0 aromatic heterocycles. The van der Waals surface area contributed by atoms with Crippen molar-refractivity contribution in [2.24, 2.45) is 0 Å². The molecule has 0 radical (unpaired) electrons. The summed E-state index contributed by atoms with van der Waals surface area (Å²) in [5.74, 6) is 0.211. The summed E-state index contributed by atoms with van der Waals surface area (Å²) in [6, 6.07) is 5.13. The van der Waals surface area contributed by atoms with Crippen molar-refractivity contribution in [2.75, 3.05) is 0 Å². The molecule has 1 aromatic carbocycles. The van der Waals surface area contributed by atoms with E-state index in [0.29, 0.717) is 5.22 Å². The van der Waals surface area contributed by atoms with Gasteiger partial charge in [0.1, 0.15) is 5.75 Å². The number of hydrogen-bond donors (Lipinski definition) is 1. The van der Waals surface area contributed by atoms with Gasteiger partial charge in [-0.2, -0.15) is 0 Å². The van der Waals surface area contributed by atoms with E-state index in [-0.39, 0.29) is 5.75 Å². The molecule has 1 aromatic rings. The Hall–Kier alpha value is -1.24. The molecule has 0 fully saturated rings. The first-order valence-electron chi connectivity index (χ1n) is 2.67. The van der Waals surface area contributed by atoms with Crippen LogP contribution in [0.15, 0.2) is 18.2 Å². The summed E-state index contributed by atoms with van der Waals surface area (Å²) in [5, 5.41) is 10.4. The zero-order valence-corrected chi connectivity index (χ0v) is 5.09. The maximum Gasteiger partial charge on any atom is 0.122 e. The molecule has 1 rings (SSSR count). The van der Waals surface area contributed by atoms with Gasteiger partial charge in [-0.25, -0.2) is 0 Å². The second kappa shape index (κ2) is 1.94. The van der Waals surface area contributed by atoms with Crippen LogP contribution in [-0.4, -0.2) is 5.11 Å². The summed E-state index contributed by atoms with van der Waals surface area (Å²) in [6.07, 6.45) is 0. The number of benzene rings is 1. The van der Waals surface area contributed by atoms with Gasteiger partial charge in [-0.05, 0) is 11.3 Å². The van der Waals surface area contributed by atoms with Crippen molar-refractivity contribution < 1.29 is 5.11 Å². The summed E-state index contributed by atoms with van der Waals surface area (Å²) >= 11 is 0. The van der Waals surface area contributed by atoms with E-state index in [2.05, 4.69) is 13.2 Å². The highest BCUT2D eigenvalue weighted by atomic mass is 16.3. The second-order valence-electron chi connectivity index (χ2n) is 1.96. The van der Waals surface area contributed by atoms with Crippen LogP contribution in [0.25, 0.3) is 13.2 Å². The van der Waals surface area contributed by atoms with Gasteiger partial charge in [0.2, 0.25) is 0 Å². The quantitative estimate of drug-likeness (QED) is 0.519. The van der Waals surface area contributed by atoms with E-state index in [9.17, 15) is 0 Å². The van der Waals surface area contributed by atoms with Gasteiger partial charge in [0.25, 0.3) is 0 Å². The Morgan fingerprint density at radius 3 is 2.33 bits per heavy atom. The van der Waals surface area contributed by atoms with Crippen molar-refractivity contribution >= 4 is 13.2 Å². The predicted octanol–water partition coefficient (Wildman–Crippen LogP) is 0.213. The Labute approximate surface area is 53.6 Å². The smallest absolute Gasteiger partial charge is 0.122 e. The van der Waals surface area contributed by atoms with Crippen LogP contribution in [0.5, 0.6) is 5.75 Å². The zero-order chi connectivity index (χ0) is 6.85. The maximum absolute atomic E-state index is 9.00. The number of aromatic hydroxyl groups is 1. The largest absolute Gasteiger partial charge is 0.507 e. The molecule has 1 N–H and O–H groups in total. The summed E-state index contributed by atoms with van der Waals surface area (Å²) in [7, 11) is 0. The van der Waals surface area contributed by atoms with Crippen LogP contribution < -0.4 is 10.4 Å². The van der Waals surface area contributed by atoms with Gasteiger partial charge < -0.3 is 5.11 Å². The highest BCUT2D eigenvalue weighted by Gasteiger charge is 1.83. The van der Waals surface area contributed by atoms with E-state index >= 15 is 0 Å². The summed E-state index contributed by atoms with van der Waals surface area (Å²) in [5.41, 5.74) is 0. The zero-order valence-electron chi connectivity index (χ0n) is 5.09. The van der Waals surface area contributed by atoms with E-state index in [1.807, 2.05) is 6.07 Å². The fraction of sp³-hybridized carbons (Fsp3) is 0. The van der Waals surface area contributed by atoms with Crippen molar-refractivity contribution in [3.63, 3.8) is 0 Å². The minimum Gasteiger partial charge on any atom is -0.507 e. The molecule has 0 heterocycles. The standard InChI is InChI=1S/C8H8O/c1-6-3-4-7(2)8(9)5-6/h3-5,9H,1-2H2. The van der Waals surface area contributed by atoms with Crippen LogP contribution in [0, 0.1) is 0 Å². The average molecular weight is 120 g/mol. The van der Waals surface area contributed by atoms with E-state index in [4.69, 9.17) is 5.11 Å². The highest BCUT2D eigenvalue weighted by molar-refractivity contribution is 5.27. The Morgan fingerprint density at radius 2 is 1.89 bits per heavy atom. The number of phenols is 1. The molecule has 9 heavy (non-hydrogen) atoms. The van der Waals surface area contributed by atoms with E-state index < -0.39 is 0 Å². The van der Waals surface area contributed by atoms with Gasteiger partial charge in [-0.15, -0.1) is 0 Å². The lowest BCUT2D eigenvalue weighted by molar-refractivity contribution is 0.470. The molecule has 1 heteroatoms. The van der Waals surface area contributed by atoms with Crippen molar-refractivity contribution in [1.82, 2.24) is 0 Å². The lowest BCUT2D eigenvalue weighted by atomic mass is 10.2. The van der Waals surface area contributed by atoms with Crippen molar-refractivity contribution in [3.8, 4) is 5.75 Å². The third kappa shape index (κ3) is 1.11. The van der Waals surface area contributed by atoms with Gasteiger partial charge in [0.05, 0.1) is 0 Å². The Morgan fingerprint density at radius 1 is 1.22 bits per heavy atom. The third-order valence-electron chi connectivity index (χ3n) is 1.15. The molecule has 0 atom stereocenters. The molecule has 0 amide bonds. The van der Waals surface area contributed by atoms with E-state index in [0.717, 1.165) is 5.22 Å². The molecule has 0 spiro atoms. The van der Waals surface area contributed by atoms with Crippen LogP contribution in [0.1, 0.15) is 0 Å². The Kier molecular flexibility index (Phi) is 1.27. The van der Waals surface area contributed by atoms with Gasteiger partial charge in [0.15, 0.2) is 0 Å². The number of hydrogen-bond acceptors (Lipinski definition) is 1. The molecule has 0 aliphatic carbocycles. The molecular weight excluding hydrogens is 112 g/mol. The second-order valence-corrected chi connectivity index (χ2v) is 1.96. The first kappa shape index (κ1) is 5.89.